The molecule has 0 atom stereocenters. The van der Waals surface area contributed by atoms with Crippen molar-refractivity contribution in [3.63, 3.8) is 0 Å². The highest BCUT2D eigenvalue weighted by atomic mass is 16.4. The van der Waals surface area contributed by atoms with E-state index in [4.69, 9.17) is 16.8 Å². The van der Waals surface area contributed by atoms with E-state index in [0.29, 0.717) is 11.7 Å². The maximum atomic E-state index is 10.8. The topological polar surface area (TPSA) is 108 Å². The number of rotatable bonds is 1. The van der Waals surface area contributed by atoms with Crippen LogP contribution in [0.15, 0.2) is 16.4 Å². The molecule has 0 aromatic carbocycles. The Bertz CT molecular complexity index is 322. The number of carboxylic acids is 1. The van der Waals surface area contributed by atoms with Crippen LogP contribution in [-0.4, -0.2) is 40.5 Å². The van der Waals surface area contributed by atoms with Gasteiger partial charge in [-0.25, -0.2) is 10.6 Å². The van der Waals surface area contributed by atoms with Crippen molar-refractivity contribution in [3.8, 4) is 0 Å². The van der Waals surface area contributed by atoms with E-state index in [2.05, 4.69) is 5.10 Å². The first kappa shape index (κ1) is 10.3. The molecule has 0 aromatic heterocycles. The van der Waals surface area contributed by atoms with Gasteiger partial charge in [-0.15, -0.1) is 5.10 Å². The molecule has 5 N–H and O–H groups in total. The second-order valence-electron chi connectivity index (χ2n) is 2.99. The number of carboxylic acid groups (broad SMARTS) is 1. The van der Waals surface area contributed by atoms with Gasteiger partial charge in [-0.1, -0.05) is 0 Å². The van der Waals surface area contributed by atoms with Crippen molar-refractivity contribution in [1.82, 2.24) is 9.91 Å². The summed E-state index contributed by atoms with van der Waals surface area (Å²) >= 11 is 0. The predicted octanol–water partition coefficient (Wildman–Crippen LogP) is -1.30. The molecule has 0 unspecified atom stereocenters. The summed E-state index contributed by atoms with van der Waals surface area (Å²) in [5.74, 6) is 10.0. The number of aliphatic carboxylic acids is 1. The van der Waals surface area contributed by atoms with Gasteiger partial charge in [0, 0.05) is 12.7 Å². The van der Waals surface area contributed by atoms with E-state index in [1.54, 1.807) is 14.0 Å². The first-order chi connectivity index (χ1) is 6.49. The largest absolute Gasteiger partial charge is 0.478 e. The Labute approximate surface area is 81.2 Å². The monoisotopic (exact) mass is 199 g/mol. The molecule has 78 valence electrons. The molecular formula is C7H13N5O2. The summed E-state index contributed by atoms with van der Waals surface area (Å²) in [5.41, 5.74) is 0.825. The number of hydrogen-bond donors (Lipinski definition) is 3. The third-order valence-corrected chi connectivity index (χ3v) is 2.20. The van der Waals surface area contributed by atoms with E-state index in [1.165, 1.54) is 9.91 Å². The third kappa shape index (κ3) is 1.49. The van der Waals surface area contributed by atoms with Crippen LogP contribution in [0.2, 0.25) is 0 Å². The maximum absolute atomic E-state index is 10.8. The highest BCUT2D eigenvalue weighted by Crippen LogP contribution is 2.16. The molecule has 1 heterocycles. The number of nitrogens with two attached hydrogens (primary N) is 2. The summed E-state index contributed by atoms with van der Waals surface area (Å²) in [4.78, 5) is 12.3. The fourth-order valence-corrected chi connectivity index (χ4v) is 1.28. The molecular weight excluding hydrogens is 186 g/mol. The first-order valence-corrected chi connectivity index (χ1v) is 3.96. The van der Waals surface area contributed by atoms with Gasteiger partial charge in [-0.3, -0.25) is 5.01 Å². The number of guanidine groups is 1. The molecule has 0 fully saturated rings. The minimum absolute atomic E-state index is 0.0987. The molecule has 0 bridgehead atoms. The van der Waals surface area contributed by atoms with Gasteiger partial charge >= 0.3 is 5.97 Å². The standard InChI is InChI=1S/C7H13N5O2/c1-4-5(6(13)14)3-12(9)7(10-8)11(4)2/h3,8-9H2,1-2H3,(H,13,14)/b10-7-. The lowest BCUT2D eigenvalue weighted by Crippen LogP contribution is -2.52. The normalized spacial score (nSPS) is 20.6. The van der Waals surface area contributed by atoms with Crippen LogP contribution in [0, 0.1) is 0 Å². The average molecular weight is 199 g/mol. The SMILES string of the molecule is CC1=C(C(=O)O)CN(N)/C(=N\N)N1C. The van der Waals surface area contributed by atoms with Crippen LogP contribution in [-0.2, 0) is 4.79 Å². The molecule has 1 aliphatic heterocycles. The minimum atomic E-state index is -0.985. The lowest BCUT2D eigenvalue weighted by atomic mass is 10.1. The van der Waals surface area contributed by atoms with E-state index in [1.807, 2.05) is 0 Å². The Kier molecular flexibility index (Phi) is 2.61. The summed E-state index contributed by atoms with van der Waals surface area (Å²) in [6.07, 6.45) is 0. The zero-order valence-corrected chi connectivity index (χ0v) is 8.06. The van der Waals surface area contributed by atoms with Crippen molar-refractivity contribution in [2.24, 2.45) is 16.8 Å². The zero-order valence-electron chi connectivity index (χ0n) is 8.06. The van der Waals surface area contributed by atoms with Crippen molar-refractivity contribution < 1.29 is 9.90 Å². The Balaban J connectivity index is 3.13. The predicted molar refractivity (Wildman–Crippen MR) is 50.6 cm³/mol. The maximum Gasteiger partial charge on any atom is 0.335 e. The van der Waals surface area contributed by atoms with Crippen molar-refractivity contribution in [2.75, 3.05) is 13.6 Å². The van der Waals surface area contributed by atoms with Gasteiger partial charge in [0.05, 0.1) is 12.1 Å². The fourth-order valence-electron chi connectivity index (χ4n) is 1.28. The summed E-state index contributed by atoms with van der Waals surface area (Å²) in [6.45, 7) is 1.78. The quantitative estimate of drug-likeness (QED) is 0.357. The summed E-state index contributed by atoms with van der Waals surface area (Å²) in [7, 11) is 1.66. The van der Waals surface area contributed by atoms with Crippen molar-refractivity contribution in [1.29, 1.82) is 0 Å². The van der Waals surface area contributed by atoms with Crippen LogP contribution in [0.4, 0.5) is 0 Å². The van der Waals surface area contributed by atoms with Gasteiger partial charge in [0.25, 0.3) is 0 Å². The molecule has 0 saturated heterocycles. The molecule has 14 heavy (non-hydrogen) atoms. The fraction of sp³-hybridized carbons (Fsp3) is 0.429. The molecule has 0 aliphatic carbocycles. The van der Waals surface area contributed by atoms with E-state index < -0.39 is 5.97 Å². The molecule has 7 nitrogen and oxygen atoms in total. The van der Waals surface area contributed by atoms with Gasteiger partial charge in [0.1, 0.15) is 0 Å². The van der Waals surface area contributed by atoms with Crippen LogP contribution in [0.1, 0.15) is 6.92 Å². The van der Waals surface area contributed by atoms with Crippen molar-refractivity contribution in [3.05, 3.63) is 11.3 Å². The first-order valence-electron chi connectivity index (χ1n) is 3.96. The minimum Gasteiger partial charge on any atom is -0.478 e. The molecule has 0 aromatic rings. The second kappa shape index (κ2) is 3.54. The Morgan fingerprint density at radius 3 is 2.64 bits per heavy atom. The van der Waals surface area contributed by atoms with Crippen LogP contribution in [0.5, 0.6) is 0 Å². The van der Waals surface area contributed by atoms with Gasteiger partial charge in [-0.05, 0) is 6.92 Å². The average Bonchev–Trinajstić information content (AvgIpc) is 2.12. The van der Waals surface area contributed by atoms with Gasteiger partial charge in [-0.2, -0.15) is 0 Å². The van der Waals surface area contributed by atoms with E-state index in [0.717, 1.165) is 0 Å². The molecule has 7 heteroatoms. The summed E-state index contributed by atoms with van der Waals surface area (Å²) < 4.78 is 0. The molecule has 0 saturated carbocycles. The Morgan fingerprint density at radius 2 is 2.21 bits per heavy atom. The number of nitrogens with zero attached hydrogens (tertiary/aromatic N) is 3. The van der Waals surface area contributed by atoms with E-state index in [-0.39, 0.29) is 12.1 Å². The van der Waals surface area contributed by atoms with Crippen molar-refractivity contribution >= 4 is 11.9 Å². The highest BCUT2D eigenvalue weighted by molar-refractivity contribution is 5.93. The number of allylic oxidation sites excluding steroid dienone is 1. The van der Waals surface area contributed by atoms with Gasteiger partial charge in [0.15, 0.2) is 0 Å². The van der Waals surface area contributed by atoms with Crippen LogP contribution >= 0.6 is 0 Å². The third-order valence-electron chi connectivity index (χ3n) is 2.20. The highest BCUT2D eigenvalue weighted by Gasteiger charge is 2.27. The Morgan fingerprint density at radius 1 is 1.64 bits per heavy atom. The molecule has 0 amide bonds. The molecule has 1 aliphatic rings. The summed E-state index contributed by atoms with van der Waals surface area (Å²) in [6, 6.07) is 0. The molecule has 0 radical (unpaired) electrons. The van der Waals surface area contributed by atoms with E-state index in [9.17, 15) is 4.79 Å². The summed E-state index contributed by atoms with van der Waals surface area (Å²) in [5, 5.41) is 13.5. The number of hydrogen-bond acceptors (Lipinski definition) is 4. The number of carbonyl (C=O) groups is 1. The number of hydrazone groups is 1. The van der Waals surface area contributed by atoms with Gasteiger partial charge in [0.2, 0.25) is 5.96 Å². The van der Waals surface area contributed by atoms with Crippen LogP contribution in [0.3, 0.4) is 0 Å². The molecule has 0 spiro atoms. The van der Waals surface area contributed by atoms with Crippen LogP contribution in [0.25, 0.3) is 0 Å². The molecule has 1 rings (SSSR count). The second-order valence-corrected chi connectivity index (χ2v) is 2.99. The zero-order chi connectivity index (χ0) is 10.9. The van der Waals surface area contributed by atoms with Crippen molar-refractivity contribution in [2.45, 2.75) is 6.92 Å². The number of hydrazine groups is 1. The van der Waals surface area contributed by atoms with Crippen LogP contribution < -0.4 is 11.7 Å². The Hall–Kier alpha value is -1.76. The lowest BCUT2D eigenvalue weighted by Gasteiger charge is -2.34. The van der Waals surface area contributed by atoms with Gasteiger partial charge < -0.3 is 15.8 Å². The lowest BCUT2D eigenvalue weighted by molar-refractivity contribution is -0.133. The van der Waals surface area contributed by atoms with E-state index >= 15 is 0 Å². The smallest absolute Gasteiger partial charge is 0.335 e.